The molecule has 0 radical (unpaired) electrons. The molecule has 156 valence electrons. The standard InChI is InChI=1S/C23H35NO4/c1-4-5-6-7-15(2)28-17-12-20-22(21(25)13-17)19-14-23(26-10-11-27-23)9-8-18(19)16(3)24-20/h12-13,15-16,18-19,24-25H,4-11,14H2,1-3H3. The molecule has 1 saturated heterocycles. The molecule has 5 nitrogen and oxygen atoms in total. The van der Waals surface area contributed by atoms with Gasteiger partial charge in [-0.3, -0.25) is 0 Å². The topological polar surface area (TPSA) is 60.0 Å². The first kappa shape index (κ1) is 19.8. The fourth-order valence-electron chi connectivity index (χ4n) is 5.36. The number of unbranched alkanes of at least 4 members (excludes halogenated alkanes) is 2. The van der Waals surface area contributed by atoms with Crippen molar-refractivity contribution in [2.75, 3.05) is 18.5 Å². The quantitative estimate of drug-likeness (QED) is 0.657. The molecule has 1 spiro atoms. The first-order valence-electron chi connectivity index (χ1n) is 11.1. The van der Waals surface area contributed by atoms with Crippen LogP contribution in [0.2, 0.25) is 0 Å². The van der Waals surface area contributed by atoms with E-state index in [-0.39, 0.29) is 12.0 Å². The Bertz CT molecular complexity index is 685. The SMILES string of the molecule is CCCCCC(C)Oc1cc(O)c2c(c1)NC(C)C1CCC3(CC21)OCCO3. The van der Waals surface area contributed by atoms with Crippen LogP contribution in [0.4, 0.5) is 5.69 Å². The van der Waals surface area contributed by atoms with Gasteiger partial charge in [-0.15, -0.1) is 0 Å². The van der Waals surface area contributed by atoms with E-state index in [1.54, 1.807) is 6.07 Å². The van der Waals surface area contributed by atoms with Gasteiger partial charge in [-0.05, 0) is 44.9 Å². The molecular weight excluding hydrogens is 354 g/mol. The van der Waals surface area contributed by atoms with Gasteiger partial charge >= 0.3 is 0 Å². The second-order valence-electron chi connectivity index (χ2n) is 8.88. The average Bonchev–Trinajstić information content (AvgIpc) is 3.09. The minimum absolute atomic E-state index is 0.149. The Labute approximate surface area is 168 Å². The third-order valence-electron chi connectivity index (χ3n) is 6.80. The number of fused-ring (bicyclic) bond motifs is 3. The minimum Gasteiger partial charge on any atom is -0.507 e. The molecular formula is C23H35NO4. The molecule has 1 aliphatic carbocycles. The Morgan fingerprint density at radius 2 is 2.07 bits per heavy atom. The van der Waals surface area contributed by atoms with Gasteiger partial charge in [-0.2, -0.15) is 0 Å². The predicted molar refractivity (Wildman–Crippen MR) is 110 cm³/mol. The highest BCUT2D eigenvalue weighted by molar-refractivity contribution is 5.65. The molecule has 0 amide bonds. The van der Waals surface area contributed by atoms with Crippen molar-refractivity contribution >= 4 is 5.69 Å². The zero-order valence-electron chi connectivity index (χ0n) is 17.5. The zero-order chi connectivity index (χ0) is 19.7. The summed E-state index contributed by atoms with van der Waals surface area (Å²) in [6.45, 7) is 7.91. The predicted octanol–water partition coefficient (Wildman–Crippen LogP) is 5.18. The van der Waals surface area contributed by atoms with E-state index in [1.165, 1.54) is 19.3 Å². The highest BCUT2D eigenvalue weighted by Gasteiger charge is 2.49. The van der Waals surface area contributed by atoms with Crippen molar-refractivity contribution in [3.8, 4) is 11.5 Å². The highest BCUT2D eigenvalue weighted by Crippen LogP contribution is 2.54. The van der Waals surface area contributed by atoms with E-state index >= 15 is 0 Å². The number of hydrogen-bond acceptors (Lipinski definition) is 5. The van der Waals surface area contributed by atoms with Crippen LogP contribution in [0.5, 0.6) is 11.5 Å². The summed E-state index contributed by atoms with van der Waals surface area (Å²) in [7, 11) is 0. The van der Waals surface area contributed by atoms with Gasteiger partial charge in [0.05, 0.1) is 19.3 Å². The van der Waals surface area contributed by atoms with Gasteiger partial charge in [0.25, 0.3) is 0 Å². The van der Waals surface area contributed by atoms with Crippen molar-refractivity contribution in [3.63, 3.8) is 0 Å². The van der Waals surface area contributed by atoms with E-state index in [0.29, 0.717) is 30.9 Å². The summed E-state index contributed by atoms with van der Waals surface area (Å²) in [6, 6.07) is 4.21. The second kappa shape index (κ2) is 8.11. The van der Waals surface area contributed by atoms with Gasteiger partial charge in [0, 0.05) is 42.3 Å². The van der Waals surface area contributed by atoms with Crippen molar-refractivity contribution in [1.29, 1.82) is 0 Å². The lowest BCUT2D eigenvalue weighted by Crippen LogP contribution is -2.46. The molecule has 4 rings (SSSR count). The molecule has 28 heavy (non-hydrogen) atoms. The van der Waals surface area contributed by atoms with Crippen molar-refractivity contribution in [2.45, 2.75) is 89.6 Å². The second-order valence-corrected chi connectivity index (χ2v) is 8.88. The van der Waals surface area contributed by atoms with Crippen LogP contribution in [-0.2, 0) is 9.47 Å². The first-order valence-corrected chi connectivity index (χ1v) is 11.1. The first-order chi connectivity index (χ1) is 13.5. The number of phenols is 1. The smallest absolute Gasteiger partial charge is 0.169 e. The van der Waals surface area contributed by atoms with E-state index in [1.807, 2.05) is 0 Å². The zero-order valence-corrected chi connectivity index (χ0v) is 17.5. The number of anilines is 1. The van der Waals surface area contributed by atoms with E-state index < -0.39 is 5.79 Å². The van der Waals surface area contributed by atoms with E-state index in [4.69, 9.17) is 14.2 Å². The number of ether oxygens (including phenoxy) is 3. The summed E-state index contributed by atoms with van der Waals surface area (Å²) in [4.78, 5) is 0. The lowest BCUT2D eigenvalue weighted by molar-refractivity contribution is -0.188. The maximum atomic E-state index is 10.9. The van der Waals surface area contributed by atoms with Crippen LogP contribution < -0.4 is 10.1 Å². The maximum Gasteiger partial charge on any atom is 0.169 e. The molecule has 3 aliphatic rings. The molecule has 4 unspecified atom stereocenters. The molecule has 4 atom stereocenters. The number of nitrogens with one attached hydrogen (secondary N) is 1. The van der Waals surface area contributed by atoms with Gasteiger partial charge < -0.3 is 24.6 Å². The van der Waals surface area contributed by atoms with Crippen molar-refractivity contribution in [2.24, 2.45) is 5.92 Å². The third-order valence-corrected chi connectivity index (χ3v) is 6.80. The molecule has 1 saturated carbocycles. The molecule has 0 bridgehead atoms. The van der Waals surface area contributed by atoms with Crippen molar-refractivity contribution in [3.05, 3.63) is 17.7 Å². The summed E-state index contributed by atoms with van der Waals surface area (Å²) in [5.74, 6) is 1.35. The van der Waals surface area contributed by atoms with Crippen LogP contribution >= 0.6 is 0 Å². The van der Waals surface area contributed by atoms with Crippen LogP contribution in [0.1, 0.15) is 77.2 Å². The summed E-state index contributed by atoms with van der Waals surface area (Å²) in [6.07, 6.45) is 7.61. The van der Waals surface area contributed by atoms with Gasteiger partial charge in [-0.1, -0.05) is 19.8 Å². The highest BCUT2D eigenvalue weighted by atomic mass is 16.7. The molecule has 2 aliphatic heterocycles. The van der Waals surface area contributed by atoms with Crippen LogP contribution in [0.3, 0.4) is 0 Å². The molecule has 2 N–H and O–H groups in total. The van der Waals surface area contributed by atoms with E-state index in [9.17, 15) is 5.11 Å². The van der Waals surface area contributed by atoms with Crippen molar-refractivity contribution in [1.82, 2.24) is 0 Å². The Kier molecular flexibility index (Phi) is 5.75. The molecule has 1 aromatic carbocycles. The Morgan fingerprint density at radius 3 is 2.82 bits per heavy atom. The molecule has 2 heterocycles. The number of aromatic hydroxyl groups is 1. The normalized spacial score (nSPS) is 29.0. The summed E-state index contributed by atoms with van der Waals surface area (Å²) < 4.78 is 18.1. The largest absolute Gasteiger partial charge is 0.507 e. The third kappa shape index (κ3) is 3.84. The van der Waals surface area contributed by atoms with Crippen LogP contribution in [0, 0.1) is 5.92 Å². The average molecular weight is 390 g/mol. The fourth-order valence-corrected chi connectivity index (χ4v) is 5.36. The number of benzene rings is 1. The fraction of sp³-hybridized carbons (Fsp3) is 0.739. The molecule has 5 heteroatoms. The van der Waals surface area contributed by atoms with Gasteiger partial charge in [0.2, 0.25) is 0 Å². The number of hydrogen-bond donors (Lipinski definition) is 2. The van der Waals surface area contributed by atoms with Gasteiger partial charge in [0.1, 0.15) is 11.5 Å². The Morgan fingerprint density at radius 1 is 1.29 bits per heavy atom. The monoisotopic (exact) mass is 389 g/mol. The van der Waals surface area contributed by atoms with Crippen molar-refractivity contribution < 1.29 is 19.3 Å². The Balaban J connectivity index is 1.55. The number of rotatable bonds is 6. The maximum absolute atomic E-state index is 10.9. The Hall–Kier alpha value is -1.46. The lowest BCUT2D eigenvalue weighted by Gasteiger charge is -2.47. The van der Waals surface area contributed by atoms with Crippen LogP contribution in [-0.4, -0.2) is 36.3 Å². The van der Waals surface area contributed by atoms with Gasteiger partial charge in [-0.25, -0.2) is 0 Å². The molecule has 1 aromatic rings. The van der Waals surface area contributed by atoms with E-state index in [0.717, 1.165) is 42.7 Å². The van der Waals surface area contributed by atoms with Crippen LogP contribution in [0.25, 0.3) is 0 Å². The summed E-state index contributed by atoms with van der Waals surface area (Å²) in [5, 5.41) is 14.5. The summed E-state index contributed by atoms with van der Waals surface area (Å²) >= 11 is 0. The summed E-state index contributed by atoms with van der Waals surface area (Å²) in [5.41, 5.74) is 2.01. The van der Waals surface area contributed by atoms with Gasteiger partial charge in [0.15, 0.2) is 5.79 Å². The number of phenolic OH excluding ortho intramolecular Hbond substituents is 1. The van der Waals surface area contributed by atoms with Crippen LogP contribution in [0.15, 0.2) is 12.1 Å². The lowest BCUT2D eigenvalue weighted by atomic mass is 9.67. The molecule has 2 fully saturated rings. The molecule has 0 aromatic heterocycles. The van der Waals surface area contributed by atoms with E-state index in [2.05, 4.69) is 32.2 Å². The minimum atomic E-state index is -0.453.